The lowest BCUT2D eigenvalue weighted by Gasteiger charge is -2.10. The number of rotatable bonds is 3. The summed E-state index contributed by atoms with van der Waals surface area (Å²) in [6.45, 7) is 1.80. The lowest BCUT2D eigenvalue weighted by Crippen LogP contribution is -2.04. The summed E-state index contributed by atoms with van der Waals surface area (Å²) in [5.74, 6) is 1.51. The van der Waals surface area contributed by atoms with Crippen LogP contribution in [-0.2, 0) is 0 Å². The Balaban J connectivity index is 2.40. The first-order chi connectivity index (χ1) is 9.10. The van der Waals surface area contributed by atoms with Gasteiger partial charge in [-0.3, -0.25) is 4.98 Å². The lowest BCUT2D eigenvalue weighted by atomic mass is 10.1. The number of nitrogens with zero attached hydrogens (tertiary/aromatic N) is 1. The monoisotopic (exact) mass is 252 g/mol. The second kappa shape index (κ2) is 5.23. The van der Waals surface area contributed by atoms with Gasteiger partial charge in [0.1, 0.15) is 5.56 Å². The third-order valence-electron chi connectivity index (χ3n) is 2.58. The summed E-state index contributed by atoms with van der Waals surface area (Å²) < 4.78 is 0. The predicted octanol–water partition coefficient (Wildman–Crippen LogP) is 2.81. The highest BCUT2D eigenvalue weighted by Gasteiger charge is 2.11. The van der Waals surface area contributed by atoms with E-state index in [4.69, 9.17) is 11.5 Å². The van der Waals surface area contributed by atoms with E-state index in [1.807, 2.05) is 12.1 Å². The molecule has 0 aliphatic heterocycles. The minimum atomic E-state index is -1.02. The summed E-state index contributed by atoms with van der Waals surface area (Å²) in [6, 6.07) is 8.91. The molecule has 0 unspecified atom stereocenters. The number of nitrogens with one attached hydrogen (secondary N) is 1. The van der Waals surface area contributed by atoms with Crippen molar-refractivity contribution in [2.45, 2.75) is 6.92 Å². The normalized spacial score (nSPS) is 9.68. The van der Waals surface area contributed by atoms with E-state index in [0.29, 0.717) is 5.69 Å². The van der Waals surface area contributed by atoms with E-state index in [0.717, 1.165) is 16.9 Å². The Hall–Kier alpha value is -2.80. The van der Waals surface area contributed by atoms with E-state index in [9.17, 15) is 4.79 Å². The van der Waals surface area contributed by atoms with Crippen LogP contribution in [0.4, 0.5) is 11.4 Å². The summed E-state index contributed by atoms with van der Waals surface area (Å²) in [4.78, 5) is 15.1. The molecule has 0 amide bonds. The van der Waals surface area contributed by atoms with Crippen molar-refractivity contribution in [3.8, 4) is 12.3 Å². The molecule has 0 bridgehead atoms. The highest BCUT2D eigenvalue weighted by atomic mass is 16.4. The second-order valence-corrected chi connectivity index (χ2v) is 4.03. The molecular weight excluding hydrogens is 240 g/mol. The largest absolute Gasteiger partial charge is 0.478 e. The molecule has 94 valence electrons. The van der Waals surface area contributed by atoms with Crippen molar-refractivity contribution in [3.63, 3.8) is 0 Å². The van der Waals surface area contributed by atoms with Gasteiger partial charge in [-0.1, -0.05) is 12.0 Å². The third kappa shape index (κ3) is 2.90. The van der Waals surface area contributed by atoms with Crippen molar-refractivity contribution in [1.29, 1.82) is 0 Å². The summed E-state index contributed by atoms with van der Waals surface area (Å²) in [5, 5.41) is 12.2. The number of aromatic carboxylic acids is 1. The number of anilines is 2. The molecular formula is C15H12N2O2. The van der Waals surface area contributed by atoms with E-state index in [2.05, 4.69) is 16.2 Å². The Morgan fingerprint density at radius 1 is 1.42 bits per heavy atom. The lowest BCUT2D eigenvalue weighted by molar-refractivity contribution is 0.0697. The van der Waals surface area contributed by atoms with Gasteiger partial charge in [-0.25, -0.2) is 4.79 Å². The van der Waals surface area contributed by atoms with Crippen molar-refractivity contribution in [3.05, 3.63) is 53.3 Å². The fourth-order valence-corrected chi connectivity index (χ4v) is 1.68. The van der Waals surface area contributed by atoms with Crippen LogP contribution in [0.5, 0.6) is 0 Å². The highest BCUT2D eigenvalue weighted by molar-refractivity contribution is 5.94. The topological polar surface area (TPSA) is 62.2 Å². The molecule has 2 N–H and O–H groups in total. The minimum Gasteiger partial charge on any atom is -0.478 e. The Morgan fingerprint density at radius 2 is 2.21 bits per heavy atom. The van der Waals surface area contributed by atoms with Crippen LogP contribution >= 0.6 is 0 Å². The first-order valence-electron chi connectivity index (χ1n) is 5.64. The number of pyridine rings is 1. The molecule has 1 aromatic carbocycles. The van der Waals surface area contributed by atoms with Crippen LogP contribution in [0.2, 0.25) is 0 Å². The smallest absolute Gasteiger partial charge is 0.339 e. The highest BCUT2D eigenvalue weighted by Crippen LogP contribution is 2.22. The van der Waals surface area contributed by atoms with Crippen LogP contribution < -0.4 is 5.32 Å². The van der Waals surface area contributed by atoms with Crippen molar-refractivity contribution in [1.82, 2.24) is 4.98 Å². The Labute approximate surface area is 111 Å². The van der Waals surface area contributed by atoms with Gasteiger partial charge in [-0.2, -0.15) is 0 Å². The molecule has 1 heterocycles. The fraction of sp³-hybridized carbons (Fsp3) is 0.0667. The third-order valence-corrected chi connectivity index (χ3v) is 2.58. The molecule has 19 heavy (non-hydrogen) atoms. The molecule has 4 heteroatoms. The quantitative estimate of drug-likeness (QED) is 0.824. The zero-order valence-corrected chi connectivity index (χ0v) is 10.3. The van der Waals surface area contributed by atoms with Crippen LogP contribution in [0.25, 0.3) is 0 Å². The molecule has 0 aliphatic rings. The molecule has 4 nitrogen and oxygen atoms in total. The number of hydrogen-bond donors (Lipinski definition) is 2. The molecule has 0 atom stereocenters. The van der Waals surface area contributed by atoms with Gasteiger partial charge < -0.3 is 10.4 Å². The number of carboxylic acids is 1. The fourth-order valence-electron chi connectivity index (χ4n) is 1.68. The minimum absolute atomic E-state index is 0.122. The summed E-state index contributed by atoms with van der Waals surface area (Å²) in [7, 11) is 0. The number of aromatic nitrogens is 1. The molecule has 0 fully saturated rings. The van der Waals surface area contributed by atoms with Crippen LogP contribution in [0.1, 0.15) is 21.6 Å². The predicted molar refractivity (Wildman–Crippen MR) is 73.6 cm³/mol. The molecule has 1 aromatic heterocycles. The maximum absolute atomic E-state index is 11.1. The second-order valence-electron chi connectivity index (χ2n) is 4.03. The number of carbonyl (C=O) groups is 1. The standard InChI is InChI=1S/C15H12N2O2/c1-3-11-5-4-6-12(8-11)17-14-7-10(2)16-9-13(14)15(18)19/h1,4-9H,2H3,(H,16,17)(H,18,19). The van der Waals surface area contributed by atoms with Crippen LogP contribution in [0.3, 0.4) is 0 Å². The number of benzene rings is 1. The van der Waals surface area contributed by atoms with Crippen molar-refractivity contribution in [2.75, 3.05) is 5.32 Å². The number of terminal acetylenes is 1. The maximum atomic E-state index is 11.1. The van der Waals surface area contributed by atoms with Crippen molar-refractivity contribution >= 4 is 17.3 Å². The Morgan fingerprint density at radius 3 is 2.89 bits per heavy atom. The van der Waals surface area contributed by atoms with Gasteiger partial charge in [0.25, 0.3) is 0 Å². The molecule has 0 saturated carbocycles. The van der Waals surface area contributed by atoms with Gasteiger partial charge in [0.2, 0.25) is 0 Å². The van der Waals surface area contributed by atoms with Crippen LogP contribution in [0, 0.1) is 19.3 Å². The van der Waals surface area contributed by atoms with Gasteiger partial charge in [-0.15, -0.1) is 6.42 Å². The first-order valence-corrected chi connectivity index (χ1v) is 5.64. The number of aryl methyl sites for hydroxylation is 1. The van der Waals surface area contributed by atoms with Crippen molar-refractivity contribution < 1.29 is 9.90 Å². The zero-order valence-electron chi connectivity index (χ0n) is 10.3. The van der Waals surface area contributed by atoms with Gasteiger partial charge in [0, 0.05) is 23.1 Å². The van der Waals surface area contributed by atoms with Gasteiger partial charge in [0.05, 0.1) is 5.69 Å². The van der Waals surface area contributed by atoms with E-state index >= 15 is 0 Å². The first kappa shape index (κ1) is 12.7. The number of hydrogen-bond acceptors (Lipinski definition) is 3. The Kier molecular flexibility index (Phi) is 3.48. The van der Waals surface area contributed by atoms with Gasteiger partial charge in [0.15, 0.2) is 0 Å². The SMILES string of the molecule is C#Cc1cccc(Nc2cc(C)ncc2C(=O)O)c1. The Bertz CT molecular complexity index is 672. The molecule has 2 aromatic rings. The van der Waals surface area contributed by atoms with E-state index in [1.165, 1.54) is 6.20 Å². The number of carboxylic acid groups (broad SMARTS) is 1. The summed E-state index contributed by atoms with van der Waals surface area (Å²) in [6.07, 6.45) is 6.67. The van der Waals surface area contributed by atoms with Gasteiger partial charge >= 0.3 is 5.97 Å². The van der Waals surface area contributed by atoms with Crippen LogP contribution in [0.15, 0.2) is 36.5 Å². The molecule has 0 aliphatic carbocycles. The van der Waals surface area contributed by atoms with Gasteiger partial charge in [-0.05, 0) is 31.2 Å². The van der Waals surface area contributed by atoms with Crippen LogP contribution in [-0.4, -0.2) is 16.1 Å². The van der Waals surface area contributed by atoms with E-state index < -0.39 is 5.97 Å². The molecule has 0 spiro atoms. The molecule has 0 radical (unpaired) electrons. The van der Waals surface area contributed by atoms with E-state index in [1.54, 1.807) is 25.1 Å². The summed E-state index contributed by atoms with van der Waals surface area (Å²) >= 11 is 0. The maximum Gasteiger partial charge on any atom is 0.339 e. The zero-order chi connectivity index (χ0) is 13.8. The van der Waals surface area contributed by atoms with Crippen molar-refractivity contribution in [2.24, 2.45) is 0 Å². The summed E-state index contributed by atoms with van der Waals surface area (Å²) in [5.41, 5.74) is 2.82. The van der Waals surface area contributed by atoms with E-state index in [-0.39, 0.29) is 5.56 Å². The molecule has 0 saturated heterocycles. The average Bonchev–Trinajstić information content (AvgIpc) is 2.38. The molecule has 2 rings (SSSR count). The average molecular weight is 252 g/mol.